The molecule has 7 heteroatoms. The zero-order valence-electron chi connectivity index (χ0n) is 9.79. The predicted octanol–water partition coefficient (Wildman–Crippen LogP) is 0.891. The Morgan fingerprint density at radius 1 is 1.44 bits per heavy atom. The Bertz CT molecular complexity index is 613. The van der Waals surface area contributed by atoms with Gasteiger partial charge in [0.2, 0.25) is 0 Å². The minimum Gasteiger partial charge on any atom is -0.480 e. The first-order valence-corrected chi connectivity index (χ1v) is 6.80. The van der Waals surface area contributed by atoms with Crippen LogP contribution in [-0.2, 0) is 14.6 Å². The van der Waals surface area contributed by atoms with Crippen molar-refractivity contribution < 1.29 is 22.7 Å². The number of nitrogens with zero attached hydrogens (tertiary/aromatic N) is 1. The molecule has 1 aliphatic rings. The number of carbonyl (C=O) groups is 1. The van der Waals surface area contributed by atoms with Gasteiger partial charge in [-0.1, -0.05) is 0 Å². The van der Waals surface area contributed by atoms with Crippen LogP contribution < -0.4 is 4.90 Å². The van der Waals surface area contributed by atoms with Crippen molar-refractivity contribution in [1.29, 1.82) is 0 Å². The van der Waals surface area contributed by atoms with E-state index in [9.17, 15) is 17.6 Å². The van der Waals surface area contributed by atoms with E-state index in [1.54, 1.807) is 7.05 Å². The number of sulfone groups is 1. The van der Waals surface area contributed by atoms with Gasteiger partial charge in [0, 0.05) is 7.05 Å². The van der Waals surface area contributed by atoms with E-state index in [-0.39, 0.29) is 10.6 Å². The Hall–Kier alpha value is -1.63. The number of hydrogen-bond acceptors (Lipinski definition) is 4. The van der Waals surface area contributed by atoms with Crippen molar-refractivity contribution in [1.82, 2.24) is 0 Å². The van der Waals surface area contributed by atoms with Gasteiger partial charge in [0.1, 0.15) is 5.82 Å². The summed E-state index contributed by atoms with van der Waals surface area (Å²) in [6, 6.07) is 2.46. The van der Waals surface area contributed by atoms with Gasteiger partial charge in [-0.3, -0.25) is 4.79 Å². The van der Waals surface area contributed by atoms with E-state index in [4.69, 9.17) is 5.11 Å². The van der Waals surface area contributed by atoms with E-state index >= 15 is 0 Å². The van der Waals surface area contributed by atoms with Crippen molar-refractivity contribution in [2.24, 2.45) is 0 Å². The molecule has 0 aromatic heterocycles. The van der Waals surface area contributed by atoms with Crippen molar-refractivity contribution in [3.05, 3.63) is 24.0 Å². The number of hydrogen-bond donors (Lipinski definition) is 1. The van der Waals surface area contributed by atoms with E-state index < -0.39 is 32.9 Å². The maximum Gasteiger partial charge on any atom is 0.324 e. The van der Waals surface area contributed by atoms with Gasteiger partial charge in [-0.15, -0.1) is 0 Å². The molecule has 2 unspecified atom stereocenters. The second-order valence-electron chi connectivity index (χ2n) is 4.27. The number of benzene rings is 1. The van der Waals surface area contributed by atoms with Crippen molar-refractivity contribution in [2.75, 3.05) is 11.9 Å². The van der Waals surface area contributed by atoms with Crippen LogP contribution in [-0.4, -0.2) is 37.8 Å². The molecular formula is C11H12FNO4S. The Balaban J connectivity index is 2.74. The average Bonchev–Trinajstić information content (AvgIpc) is 2.25. The minimum atomic E-state index is -3.99. The summed E-state index contributed by atoms with van der Waals surface area (Å²) < 4.78 is 37.5. The first kappa shape index (κ1) is 12.8. The van der Waals surface area contributed by atoms with E-state index in [0.29, 0.717) is 0 Å². The third-order valence-electron chi connectivity index (χ3n) is 3.23. The summed E-state index contributed by atoms with van der Waals surface area (Å²) in [6.07, 6.45) is 0. The second-order valence-corrected chi connectivity index (χ2v) is 6.31. The fraction of sp³-hybridized carbons (Fsp3) is 0.364. The van der Waals surface area contributed by atoms with Crippen molar-refractivity contribution in [3.63, 3.8) is 0 Å². The number of anilines is 1. The Morgan fingerprint density at radius 3 is 2.61 bits per heavy atom. The van der Waals surface area contributed by atoms with Crippen LogP contribution in [0.4, 0.5) is 10.1 Å². The lowest BCUT2D eigenvalue weighted by atomic mass is 10.1. The summed E-state index contributed by atoms with van der Waals surface area (Å²) in [7, 11) is -2.44. The second kappa shape index (κ2) is 3.94. The van der Waals surface area contributed by atoms with Gasteiger partial charge >= 0.3 is 5.97 Å². The lowest BCUT2D eigenvalue weighted by Crippen LogP contribution is -2.51. The van der Waals surface area contributed by atoms with Crippen LogP contribution >= 0.6 is 0 Å². The lowest BCUT2D eigenvalue weighted by molar-refractivity contribution is -0.136. The largest absolute Gasteiger partial charge is 0.480 e. The number of rotatable bonds is 1. The molecule has 0 spiro atoms. The molecule has 98 valence electrons. The van der Waals surface area contributed by atoms with Crippen LogP contribution in [0.1, 0.15) is 6.92 Å². The summed E-state index contributed by atoms with van der Waals surface area (Å²) in [5.74, 6) is -1.96. The molecule has 1 aliphatic heterocycles. The average molecular weight is 273 g/mol. The third-order valence-corrected chi connectivity index (χ3v) is 5.46. The van der Waals surface area contributed by atoms with Gasteiger partial charge < -0.3 is 10.0 Å². The highest BCUT2D eigenvalue weighted by Gasteiger charge is 2.46. The number of carboxylic acids is 1. The van der Waals surface area contributed by atoms with Crippen LogP contribution in [0.2, 0.25) is 0 Å². The maximum absolute atomic E-state index is 13.2. The molecule has 5 nitrogen and oxygen atoms in total. The normalized spacial score (nSPS) is 25.6. The number of halogens is 1. The minimum absolute atomic E-state index is 0.142. The predicted molar refractivity (Wildman–Crippen MR) is 62.9 cm³/mol. The number of fused-ring (bicyclic) bond motifs is 1. The van der Waals surface area contributed by atoms with Crippen LogP contribution in [0.25, 0.3) is 0 Å². The fourth-order valence-electron chi connectivity index (χ4n) is 2.16. The van der Waals surface area contributed by atoms with Crippen molar-refractivity contribution in [2.45, 2.75) is 23.1 Å². The molecule has 0 saturated carbocycles. The molecule has 0 fully saturated rings. The Kier molecular flexibility index (Phi) is 2.81. The highest BCUT2D eigenvalue weighted by atomic mass is 32.2. The van der Waals surface area contributed by atoms with E-state index in [2.05, 4.69) is 0 Å². The molecule has 2 atom stereocenters. The summed E-state index contributed by atoms with van der Waals surface area (Å²) in [5.41, 5.74) is 0.194. The zero-order chi connectivity index (χ0) is 13.7. The van der Waals surface area contributed by atoms with E-state index in [1.165, 1.54) is 11.8 Å². The highest BCUT2D eigenvalue weighted by Crippen LogP contribution is 2.36. The standard InChI is InChI=1S/C11H12FNO4S/c1-6-10(11(14)15)18(16,17)9-4-3-7(12)5-8(9)13(6)2/h3-6,10H,1-2H3,(H,14,15). The van der Waals surface area contributed by atoms with Gasteiger partial charge in [0.15, 0.2) is 15.1 Å². The van der Waals surface area contributed by atoms with Crippen molar-refractivity contribution >= 4 is 21.5 Å². The van der Waals surface area contributed by atoms with Gasteiger partial charge in [-0.25, -0.2) is 12.8 Å². The van der Waals surface area contributed by atoms with Gasteiger partial charge in [0.25, 0.3) is 0 Å². The van der Waals surface area contributed by atoms with E-state index in [1.807, 2.05) is 0 Å². The SMILES string of the molecule is CC1C(C(=O)O)S(=O)(=O)c2ccc(F)cc2N1C. The number of carboxylic acid groups (broad SMARTS) is 1. The van der Waals surface area contributed by atoms with Gasteiger partial charge in [-0.05, 0) is 25.1 Å². The molecule has 0 radical (unpaired) electrons. The fourth-order valence-corrected chi connectivity index (χ4v) is 4.16. The molecule has 1 aromatic rings. The first-order valence-electron chi connectivity index (χ1n) is 5.26. The monoisotopic (exact) mass is 273 g/mol. The summed E-state index contributed by atoms with van der Waals surface area (Å²) in [6.45, 7) is 1.49. The van der Waals surface area contributed by atoms with Crippen LogP contribution in [0, 0.1) is 5.82 Å². The van der Waals surface area contributed by atoms with Crippen molar-refractivity contribution in [3.8, 4) is 0 Å². The van der Waals surface area contributed by atoms with Crippen LogP contribution in [0.5, 0.6) is 0 Å². The molecule has 18 heavy (non-hydrogen) atoms. The van der Waals surface area contributed by atoms with Crippen LogP contribution in [0.15, 0.2) is 23.1 Å². The molecular weight excluding hydrogens is 261 g/mol. The topological polar surface area (TPSA) is 74.7 Å². The first-order chi connectivity index (χ1) is 8.26. The number of aliphatic carboxylic acids is 1. The van der Waals surface area contributed by atoms with Gasteiger partial charge in [0.05, 0.1) is 16.6 Å². The molecule has 2 rings (SSSR count). The summed E-state index contributed by atoms with van der Waals surface area (Å²) >= 11 is 0. The molecule has 1 heterocycles. The maximum atomic E-state index is 13.2. The summed E-state index contributed by atoms with van der Waals surface area (Å²) in [4.78, 5) is 12.5. The van der Waals surface area contributed by atoms with Gasteiger partial charge in [-0.2, -0.15) is 0 Å². The lowest BCUT2D eigenvalue weighted by Gasteiger charge is -2.37. The summed E-state index contributed by atoms with van der Waals surface area (Å²) in [5, 5.41) is 7.52. The smallest absolute Gasteiger partial charge is 0.324 e. The zero-order valence-corrected chi connectivity index (χ0v) is 10.6. The molecule has 0 amide bonds. The highest BCUT2D eigenvalue weighted by molar-refractivity contribution is 7.93. The quantitative estimate of drug-likeness (QED) is 0.769. The van der Waals surface area contributed by atoms with Crippen LogP contribution in [0.3, 0.4) is 0 Å². The molecule has 0 saturated heterocycles. The molecule has 1 N–H and O–H groups in total. The molecule has 0 bridgehead atoms. The Labute approximate surface area is 104 Å². The van der Waals surface area contributed by atoms with E-state index in [0.717, 1.165) is 18.2 Å². The molecule has 0 aliphatic carbocycles. The molecule has 1 aromatic carbocycles. The Morgan fingerprint density at radius 2 is 2.06 bits per heavy atom. The third kappa shape index (κ3) is 1.66.